The molecule has 0 atom stereocenters. The second kappa shape index (κ2) is 14.0. The van der Waals surface area contributed by atoms with E-state index in [4.69, 9.17) is 10.5 Å². The minimum atomic E-state index is 0. The molecule has 0 radical (unpaired) electrons. The molecule has 3 N–H and O–H groups in total. The van der Waals surface area contributed by atoms with E-state index in [1.807, 2.05) is 13.8 Å². The first kappa shape index (κ1) is 19.3. The first-order valence-electron chi connectivity index (χ1n) is 6.32. The Morgan fingerprint density at radius 1 is 1.29 bits per heavy atom. The van der Waals surface area contributed by atoms with E-state index in [1.165, 1.54) is 6.42 Å². The highest BCUT2D eigenvalue weighted by atomic mass is 127. The lowest BCUT2D eigenvalue weighted by Gasteiger charge is -2.06. The molecule has 0 amide bonds. The van der Waals surface area contributed by atoms with Gasteiger partial charge in [-0.1, -0.05) is 13.3 Å². The van der Waals surface area contributed by atoms with Gasteiger partial charge in [0.2, 0.25) is 0 Å². The molecule has 4 nitrogen and oxygen atoms in total. The summed E-state index contributed by atoms with van der Waals surface area (Å²) in [4.78, 5) is 4.24. The predicted octanol–water partition coefficient (Wildman–Crippen LogP) is 2.51. The molecule has 0 aliphatic carbocycles. The number of nitrogens with two attached hydrogens (primary N) is 1. The van der Waals surface area contributed by atoms with Crippen LogP contribution in [-0.2, 0) is 4.74 Å². The maximum atomic E-state index is 5.69. The first-order chi connectivity index (χ1) is 7.66. The highest BCUT2D eigenvalue weighted by molar-refractivity contribution is 14.0. The molecule has 0 aliphatic rings. The molecule has 104 valence electrons. The number of ether oxygens (including phenoxy) is 1. The summed E-state index contributed by atoms with van der Waals surface area (Å²) in [7, 11) is 0. The molecule has 0 aromatic carbocycles. The Balaban J connectivity index is 0. The van der Waals surface area contributed by atoms with Crippen molar-refractivity contribution in [2.45, 2.75) is 52.6 Å². The lowest BCUT2D eigenvalue weighted by molar-refractivity contribution is 0.0764. The van der Waals surface area contributed by atoms with Crippen LogP contribution in [0.1, 0.15) is 46.5 Å². The average Bonchev–Trinajstić information content (AvgIpc) is 2.23. The Hall–Kier alpha value is -0.0400. The molecule has 0 saturated carbocycles. The SMILES string of the molecule is CCCCNC(N)=NCCCCOC(C)C.I. The summed E-state index contributed by atoms with van der Waals surface area (Å²) in [5, 5.41) is 3.09. The summed E-state index contributed by atoms with van der Waals surface area (Å²) in [5.74, 6) is 0.568. The minimum Gasteiger partial charge on any atom is -0.379 e. The molecule has 0 saturated heterocycles. The van der Waals surface area contributed by atoms with Crippen LogP contribution >= 0.6 is 24.0 Å². The predicted molar refractivity (Wildman–Crippen MR) is 85.1 cm³/mol. The molecule has 0 spiro atoms. The number of guanidine groups is 1. The van der Waals surface area contributed by atoms with E-state index in [2.05, 4.69) is 17.2 Å². The van der Waals surface area contributed by atoms with E-state index in [-0.39, 0.29) is 24.0 Å². The zero-order chi connectivity index (χ0) is 12.2. The number of nitrogens with one attached hydrogen (secondary N) is 1. The van der Waals surface area contributed by atoms with Gasteiger partial charge in [-0.05, 0) is 33.1 Å². The second-order valence-electron chi connectivity index (χ2n) is 4.17. The topological polar surface area (TPSA) is 59.6 Å². The molecule has 0 aromatic heterocycles. The third-order valence-electron chi connectivity index (χ3n) is 2.12. The van der Waals surface area contributed by atoms with Gasteiger partial charge in [-0.25, -0.2) is 0 Å². The standard InChI is InChI=1S/C12H27N3O.HI/c1-4-5-8-14-12(13)15-9-6-7-10-16-11(2)3;/h11H,4-10H2,1-3H3,(H3,13,14,15);1H. The lowest BCUT2D eigenvalue weighted by Crippen LogP contribution is -2.32. The molecular formula is C12H28IN3O. The summed E-state index contributed by atoms with van der Waals surface area (Å²) in [6.07, 6.45) is 4.71. The van der Waals surface area contributed by atoms with Crippen molar-refractivity contribution in [2.75, 3.05) is 19.7 Å². The largest absolute Gasteiger partial charge is 0.379 e. The van der Waals surface area contributed by atoms with Crippen LogP contribution in [0.5, 0.6) is 0 Å². The zero-order valence-corrected chi connectivity index (χ0v) is 13.7. The van der Waals surface area contributed by atoms with Crippen LogP contribution in [-0.4, -0.2) is 31.8 Å². The van der Waals surface area contributed by atoms with Gasteiger partial charge in [0.05, 0.1) is 6.10 Å². The van der Waals surface area contributed by atoms with Gasteiger partial charge in [0, 0.05) is 19.7 Å². The first-order valence-corrected chi connectivity index (χ1v) is 6.32. The Morgan fingerprint density at radius 3 is 2.59 bits per heavy atom. The van der Waals surface area contributed by atoms with E-state index in [1.54, 1.807) is 0 Å². The van der Waals surface area contributed by atoms with E-state index in [0.29, 0.717) is 12.1 Å². The van der Waals surface area contributed by atoms with Crippen molar-refractivity contribution < 1.29 is 4.74 Å². The second-order valence-corrected chi connectivity index (χ2v) is 4.17. The van der Waals surface area contributed by atoms with Gasteiger partial charge in [0.25, 0.3) is 0 Å². The Labute approximate surface area is 123 Å². The van der Waals surface area contributed by atoms with Crippen molar-refractivity contribution in [1.29, 1.82) is 0 Å². The van der Waals surface area contributed by atoms with Crippen LogP contribution in [0, 0.1) is 0 Å². The number of nitrogens with zero attached hydrogens (tertiary/aromatic N) is 1. The fourth-order valence-electron chi connectivity index (χ4n) is 1.18. The van der Waals surface area contributed by atoms with Gasteiger partial charge in [-0.15, -0.1) is 24.0 Å². The summed E-state index contributed by atoms with van der Waals surface area (Å²) >= 11 is 0. The summed E-state index contributed by atoms with van der Waals surface area (Å²) in [6.45, 7) is 8.77. The molecule has 0 rings (SSSR count). The molecule has 17 heavy (non-hydrogen) atoms. The van der Waals surface area contributed by atoms with Crippen molar-refractivity contribution in [1.82, 2.24) is 5.32 Å². The van der Waals surface area contributed by atoms with E-state index in [0.717, 1.165) is 39.0 Å². The highest BCUT2D eigenvalue weighted by Crippen LogP contribution is 1.94. The number of halogens is 1. The van der Waals surface area contributed by atoms with Gasteiger partial charge in [0.1, 0.15) is 0 Å². The minimum absolute atomic E-state index is 0. The smallest absolute Gasteiger partial charge is 0.188 e. The summed E-state index contributed by atoms with van der Waals surface area (Å²) in [5.41, 5.74) is 5.69. The summed E-state index contributed by atoms with van der Waals surface area (Å²) < 4.78 is 5.43. The molecule has 5 heteroatoms. The van der Waals surface area contributed by atoms with Crippen LogP contribution in [0.25, 0.3) is 0 Å². The molecule has 0 aromatic rings. The molecule has 0 bridgehead atoms. The number of hydrogen-bond donors (Lipinski definition) is 2. The zero-order valence-electron chi connectivity index (χ0n) is 11.4. The fraction of sp³-hybridized carbons (Fsp3) is 0.917. The van der Waals surface area contributed by atoms with Crippen LogP contribution in [0.15, 0.2) is 4.99 Å². The van der Waals surface area contributed by atoms with Crippen LogP contribution in [0.4, 0.5) is 0 Å². The number of aliphatic imine (C=N–C) groups is 1. The van der Waals surface area contributed by atoms with Crippen LogP contribution in [0.2, 0.25) is 0 Å². The van der Waals surface area contributed by atoms with Gasteiger partial charge < -0.3 is 15.8 Å². The van der Waals surface area contributed by atoms with E-state index < -0.39 is 0 Å². The maximum Gasteiger partial charge on any atom is 0.188 e. The molecule has 0 aliphatic heterocycles. The fourth-order valence-corrected chi connectivity index (χ4v) is 1.18. The quantitative estimate of drug-likeness (QED) is 0.289. The lowest BCUT2D eigenvalue weighted by atomic mass is 10.3. The number of hydrogen-bond acceptors (Lipinski definition) is 2. The van der Waals surface area contributed by atoms with Crippen molar-refractivity contribution in [3.05, 3.63) is 0 Å². The normalized spacial score (nSPS) is 11.4. The van der Waals surface area contributed by atoms with E-state index in [9.17, 15) is 0 Å². The Bertz CT molecular complexity index is 187. The average molecular weight is 357 g/mol. The van der Waals surface area contributed by atoms with Gasteiger partial charge in [-0.3, -0.25) is 4.99 Å². The monoisotopic (exact) mass is 357 g/mol. The third kappa shape index (κ3) is 16.0. The molecule has 0 heterocycles. The van der Waals surface area contributed by atoms with Gasteiger partial charge >= 0.3 is 0 Å². The number of unbranched alkanes of at least 4 members (excludes halogenated alkanes) is 2. The van der Waals surface area contributed by atoms with Gasteiger partial charge in [0.15, 0.2) is 5.96 Å². The molecule has 0 unspecified atom stereocenters. The van der Waals surface area contributed by atoms with E-state index >= 15 is 0 Å². The van der Waals surface area contributed by atoms with Crippen LogP contribution in [0.3, 0.4) is 0 Å². The van der Waals surface area contributed by atoms with Crippen molar-refractivity contribution in [3.8, 4) is 0 Å². The Kier molecular flexibility index (Phi) is 15.9. The highest BCUT2D eigenvalue weighted by Gasteiger charge is 1.93. The van der Waals surface area contributed by atoms with Crippen molar-refractivity contribution >= 4 is 29.9 Å². The maximum absolute atomic E-state index is 5.69. The Morgan fingerprint density at radius 2 is 2.00 bits per heavy atom. The molecular weight excluding hydrogens is 329 g/mol. The van der Waals surface area contributed by atoms with Crippen molar-refractivity contribution in [2.24, 2.45) is 10.7 Å². The third-order valence-corrected chi connectivity index (χ3v) is 2.12. The van der Waals surface area contributed by atoms with Gasteiger partial charge in [-0.2, -0.15) is 0 Å². The number of rotatable bonds is 9. The van der Waals surface area contributed by atoms with Crippen LogP contribution < -0.4 is 11.1 Å². The molecule has 0 fully saturated rings. The summed E-state index contributed by atoms with van der Waals surface area (Å²) in [6, 6.07) is 0. The van der Waals surface area contributed by atoms with Crippen molar-refractivity contribution in [3.63, 3.8) is 0 Å².